The molecule has 196 valence electrons. The van der Waals surface area contributed by atoms with Gasteiger partial charge in [0.15, 0.2) is 0 Å². The molecule has 0 spiro atoms. The molecule has 0 saturated heterocycles. The normalized spacial score (nSPS) is 17.8. The predicted molar refractivity (Wildman–Crippen MR) is 137 cm³/mol. The number of hydrazine groups is 1. The molecule has 0 aliphatic heterocycles. The van der Waals surface area contributed by atoms with Crippen LogP contribution in [0.3, 0.4) is 0 Å². The van der Waals surface area contributed by atoms with E-state index in [-0.39, 0.29) is 24.2 Å². The molecule has 3 rings (SSSR count). The van der Waals surface area contributed by atoms with Crippen LogP contribution in [0.15, 0.2) is 47.6 Å². The van der Waals surface area contributed by atoms with E-state index in [4.69, 9.17) is 11.7 Å². The van der Waals surface area contributed by atoms with E-state index in [1.807, 2.05) is 12.1 Å². The maximum Gasteiger partial charge on any atom is 0.133 e. The van der Waals surface area contributed by atoms with Crippen LogP contribution in [0.4, 0.5) is 8.78 Å². The van der Waals surface area contributed by atoms with Crippen LogP contribution in [0.5, 0.6) is 0 Å². The Bertz CT molecular complexity index is 1060. The molecule has 0 heterocycles. The Morgan fingerprint density at radius 2 is 1.81 bits per heavy atom. The number of benzene rings is 2. The lowest BCUT2D eigenvalue weighted by Gasteiger charge is -2.41. The molecule has 9 heteroatoms. The van der Waals surface area contributed by atoms with Gasteiger partial charge < -0.3 is 16.3 Å². The van der Waals surface area contributed by atoms with Crippen LogP contribution < -0.4 is 17.0 Å². The minimum Gasteiger partial charge on any atom is -0.390 e. The summed E-state index contributed by atoms with van der Waals surface area (Å²) in [6.07, 6.45) is 2.26. The molecule has 1 fully saturated rings. The first kappa shape index (κ1) is 27.7. The van der Waals surface area contributed by atoms with Gasteiger partial charge in [0.1, 0.15) is 23.8 Å². The van der Waals surface area contributed by atoms with Crippen LogP contribution in [-0.2, 0) is 22.2 Å². The summed E-state index contributed by atoms with van der Waals surface area (Å²) >= 11 is 0. The van der Waals surface area contributed by atoms with Crippen molar-refractivity contribution in [1.29, 1.82) is 0 Å². The number of hydrazone groups is 1. The van der Waals surface area contributed by atoms with Gasteiger partial charge in [0, 0.05) is 31.0 Å². The Morgan fingerprint density at radius 3 is 2.39 bits per heavy atom. The summed E-state index contributed by atoms with van der Waals surface area (Å²) in [6, 6.07) is 10.8. The molecule has 0 amide bonds. The zero-order valence-corrected chi connectivity index (χ0v) is 21.2. The molecular weight excluding hydrogens is 464 g/mol. The smallest absolute Gasteiger partial charge is 0.133 e. The van der Waals surface area contributed by atoms with Crippen molar-refractivity contribution < 1.29 is 18.7 Å². The predicted octanol–water partition coefficient (Wildman–Crippen LogP) is 3.24. The molecule has 1 aliphatic carbocycles. The lowest BCUT2D eigenvalue weighted by atomic mass is 9.74. The number of nitrogens with one attached hydrogen (secondary N) is 1. The summed E-state index contributed by atoms with van der Waals surface area (Å²) in [5.41, 5.74) is 2.03. The van der Waals surface area contributed by atoms with Crippen molar-refractivity contribution in [3.8, 4) is 0 Å². The molecule has 2 atom stereocenters. The number of aliphatic hydroxyl groups excluding tert-OH is 1. The number of nitrogens with two attached hydrogens (primary N) is 2. The maximum absolute atomic E-state index is 13.8. The fourth-order valence-electron chi connectivity index (χ4n) is 4.82. The average molecular weight is 502 g/mol. The standard InChI is InChI=1S/C27H37F2N5O2/c1-26(2,3)19-5-4-6-20(14-19)27(9-7-23(35)8-10-27)32-16-25(36)24(34(31)17-33-30)13-18-11-21(28)15-22(29)12-18/h4-6,11-12,14-15,17,24-25,32,36H,7-10,13,16,30-31H2,1-3H3/b33-17-. The molecule has 36 heavy (non-hydrogen) atoms. The highest BCUT2D eigenvalue weighted by Gasteiger charge is 2.38. The molecule has 1 saturated carbocycles. The van der Waals surface area contributed by atoms with Crippen molar-refractivity contribution in [2.45, 2.75) is 76.0 Å². The quantitative estimate of drug-likeness (QED) is 0.181. The average Bonchev–Trinajstić information content (AvgIpc) is 2.81. The summed E-state index contributed by atoms with van der Waals surface area (Å²) in [7, 11) is 0. The molecule has 2 aromatic carbocycles. The fourth-order valence-corrected chi connectivity index (χ4v) is 4.82. The summed E-state index contributed by atoms with van der Waals surface area (Å²) < 4.78 is 27.5. The monoisotopic (exact) mass is 501 g/mol. The van der Waals surface area contributed by atoms with Gasteiger partial charge in [-0.1, -0.05) is 45.0 Å². The van der Waals surface area contributed by atoms with E-state index in [0.29, 0.717) is 31.2 Å². The number of ketones is 1. The SMILES string of the molecule is CC(C)(C)c1cccc(C2(NCC(O)C(Cc3cc(F)cc(F)c3)N(N)/C=N\N)CCC(=O)CC2)c1. The lowest BCUT2D eigenvalue weighted by molar-refractivity contribution is -0.121. The molecule has 7 nitrogen and oxygen atoms in total. The van der Waals surface area contributed by atoms with E-state index in [0.717, 1.165) is 23.0 Å². The van der Waals surface area contributed by atoms with Gasteiger partial charge in [-0.05, 0) is 53.5 Å². The zero-order chi connectivity index (χ0) is 26.5. The number of rotatable bonds is 9. The fraction of sp³-hybridized carbons (Fsp3) is 0.481. The lowest BCUT2D eigenvalue weighted by Crippen LogP contribution is -2.55. The number of hydrogen-bond donors (Lipinski definition) is 4. The Hall–Kier alpha value is -2.88. The van der Waals surface area contributed by atoms with Crippen molar-refractivity contribution in [2.24, 2.45) is 16.8 Å². The number of carbonyl (C=O) groups is 1. The van der Waals surface area contributed by atoms with Crippen molar-refractivity contribution >= 4 is 12.1 Å². The molecule has 1 aliphatic rings. The minimum atomic E-state index is -1.04. The van der Waals surface area contributed by atoms with Gasteiger partial charge in [0.2, 0.25) is 0 Å². The van der Waals surface area contributed by atoms with Crippen LogP contribution in [0, 0.1) is 11.6 Å². The second kappa shape index (κ2) is 11.5. The second-order valence-electron chi connectivity index (χ2n) is 10.7. The van der Waals surface area contributed by atoms with Crippen molar-refractivity contribution in [1.82, 2.24) is 10.3 Å². The largest absolute Gasteiger partial charge is 0.390 e. The van der Waals surface area contributed by atoms with E-state index < -0.39 is 29.3 Å². The minimum absolute atomic E-state index is 0.0475. The van der Waals surface area contributed by atoms with E-state index in [1.54, 1.807) is 0 Å². The summed E-state index contributed by atoms with van der Waals surface area (Å²) in [6.45, 7) is 6.57. The van der Waals surface area contributed by atoms with Crippen LogP contribution >= 0.6 is 0 Å². The van der Waals surface area contributed by atoms with Crippen LogP contribution in [0.2, 0.25) is 0 Å². The number of halogens is 2. The van der Waals surface area contributed by atoms with Crippen LogP contribution in [0.1, 0.15) is 63.1 Å². The molecule has 0 radical (unpaired) electrons. The Balaban J connectivity index is 1.86. The van der Waals surface area contributed by atoms with Gasteiger partial charge in [0.05, 0.1) is 12.1 Å². The van der Waals surface area contributed by atoms with Gasteiger partial charge >= 0.3 is 0 Å². The van der Waals surface area contributed by atoms with E-state index >= 15 is 0 Å². The van der Waals surface area contributed by atoms with Crippen molar-refractivity contribution in [3.63, 3.8) is 0 Å². The van der Waals surface area contributed by atoms with Gasteiger partial charge in [-0.15, -0.1) is 0 Å². The molecule has 2 aromatic rings. The zero-order valence-electron chi connectivity index (χ0n) is 21.2. The molecule has 0 bridgehead atoms. The van der Waals surface area contributed by atoms with E-state index in [1.165, 1.54) is 17.7 Å². The van der Waals surface area contributed by atoms with Gasteiger partial charge in [0.25, 0.3) is 0 Å². The summed E-state index contributed by atoms with van der Waals surface area (Å²) in [5.74, 6) is 10.1. The van der Waals surface area contributed by atoms with Gasteiger partial charge in [-0.3, -0.25) is 9.80 Å². The highest BCUT2D eigenvalue weighted by Crippen LogP contribution is 2.37. The number of carbonyl (C=O) groups excluding carboxylic acids is 1. The second-order valence-corrected chi connectivity index (χ2v) is 10.7. The topological polar surface area (TPSA) is 117 Å². The third-order valence-electron chi connectivity index (χ3n) is 6.99. The molecular formula is C27H37F2N5O2. The third-order valence-corrected chi connectivity index (χ3v) is 6.99. The number of nitrogens with zero attached hydrogens (tertiary/aromatic N) is 2. The maximum atomic E-state index is 13.8. The van der Waals surface area contributed by atoms with Gasteiger partial charge in [-0.2, -0.15) is 5.10 Å². The Kier molecular flexibility index (Phi) is 8.81. The molecule has 0 aromatic heterocycles. The molecule has 6 N–H and O–H groups in total. The summed E-state index contributed by atoms with van der Waals surface area (Å²) in [5, 5.41) is 19.3. The van der Waals surface area contributed by atoms with Crippen molar-refractivity contribution in [3.05, 3.63) is 70.8 Å². The van der Waals surface area contributed by atoms with E-state index in [9.17, 15) is 18.7 Å². The first-order valence-electron chi connectivity index (χ1n) is 12.2. The Morgan fingerprint density at radius 1 is 1.17 bits per heavy atom. The van der Waals surface area contributed by atoms with Crippen LogP contribution in [0.25, 0.3) is 0 Å². The van der Waals surface area contributed by atoms with E-state index in [2.05, 4.69) is 43.3 Å². The number of hydrogen-bond acceptors (Lipinski definition) is 6. The third kappa shape index (κ3) is 6.87. The van der Waals surface area contributed by atoms with Crippen molar-refractivity contribution in [2.75, 3.05) is 6.54 Å². The number of aliphatic hydroxyl groups is 1. The highest BCUT2D eigenvalue weighted by molar-refractivity contribution is 5.79. The van der Waals surface area contributed by atoms with Gasteiger partial charge in [-0.25, -0.2) is 14.6 Å². The first-order valence-corrected chi connectivity index (χ1v) is 12.2. The van der Waals surface area contributed by atoms with Crippen LogP contribution in [-0.4, -0.2) is 40.9 Å². The Labute approximate surface area is 211 Å². The molecule has 2 unspecified atom stereocenters. The highest BCUT2D eigenvalue weighted by atomic mass is 19.1. The number of Topliss-reactive ketones (excluding diaryl/α,β-unsaturated/α-hetero) is 1. The first-order chi connectivity index (χ1) is 16.9. The summed E-state index contributed by atoms with van der Waals surface area (Å²) in [4.78, 5) is 12.1.